The largest absolute Gasteiger partial charge is 0.490 e. The van der Waals surface area contributed by atoms with Gasteiger partial charge in [0.05, 0.1) is 31.5 Å². The van der Waals surface area contributed by atoms with Crippen molar-refractivity contribution in [2.24, 2.45) is 5.92 Å². The number of ether oxygens (including phenoxy) is 3. The van der Waals surface area contributed by atoms with Gasteiger partial charge in [0.15, 0.2) is 11.2 Å². The van der Waals surface area contributed by atoms with Gasteiger partial charge in [-0.1, -0.05) is 25.1 Å². The molecule has 0 radical (unpaired) electrons. The summed E-state index contributed by atoms with van der Waals surface area (Å²) in [5.41, 5.74) is 0.477. The van der Waals surface area contributed by atoms with Gasteiger partial charge in [-0.25, -0.2) is 12.8 Å². The Balaban J connectivity index is 1.58. The van der Waals surface area contributed by atoms with E-state index < -0.39 is 26.8 Å². The van der Waals surface area contributed by atoms with Crippen molar-refractivity contribution < 1.29 is 27.0 Å². The lowest BCUT2D eigenvalue weighted by Gasteiger charge is -2.28. The van der Waals surface area contributed by atoms with Gasteiger partial charge in [0.1, 0.15) is 18.2 Å². The highest BCUT2D eigenvalue weighted by molar-refractivity contribution is 7.89. The zero-order chi connectivity index (χ0) is 22.0. The number of rotatable bonds is 7. The summed E-state index contributed by atoms with van der Waals surface area (Å²) in [5, 5.41) is 8.22. The highest BCUT2D eigenvalue weighted by Gasteiger charge is 2.39. The van der Waals surface area contributed by atoms with Gasteiger partial charge in [-0.2, -0.15) is 4.31 Å². The zero-order valence-corrected chi connectivity index (χ0v) is 18.4. The van der Waals surface area contributed by atoms with Crippen molar-refractivity contribution in [3.63, 3.8) is 0 Å². The molecule has 0 unspecified atom stereocenters. The van der Waals surface area contributed by atoms with Crippen LogP contribution in [-0.2, 0) is 32.6 Å². The lowest BCUT2D eigenvalue weighted by Crippen LogP contribution is -2.42. The minimum absolute atomic E-state index is 0.0206. The molecule has 11 heteroatoms. The summed E-state index contributed by atoms with van der Waals surface area (Å²) < 4.78 is 61.0. The summed E-state index contributed by atoms with van der Waals surface area (Å²) in [6, 6.07) is 3.60. The molecule has 2 aliphatic heterocycles. The van der Waals surface area contributed by atoms with Crippen LogP contribution in [0.15, 0.2) is 29.3 Å². The molecule has 170 valence electrons. The van der Waals surface area contributed by atoms with E-state index in [0.29, 0.717) is 38.3 Å². The fourth-order valence-electron chi connectivity index (χ4n) is 3.87. The van der Waals surface area contributed by atoms with Crippen LogP contribution in [0.25, 0.3) is 0 Å². The normalized spacial score (nSPS) is 21.7. The summed E-state index contributed by atoms with van der Waals surface area (Å²) >= 11 is 0. The van der Waals surface area contributed by atoms with Crippen LogP contribution in [0.5, 0.6) is 5.75 Å². The minimum Gasteiger partial charge on any atom is -0.490 e. The molecule has 31 heavy (non-hydrogen) atoms. The Morgan fingerprint density at radius 1 is 1.26 bits per heavy atom. The fraction of sp³-hybridized carbons (Fsp3) is 0.600. The van der Waals surface area contributed by atoms with Crippen LogP contribution >= 0.6 is 0 Å². The third-order valence-electron chi connectivity index (χ3n) is 5.27. The summed E-state index contributed by atoms with van der Waals surface area (Å²) in [6.45, 7) is 5.82. The zero-order valence-electron chi connectivity index (χ0n) is 17.6. The Labute approximate surface area is 181 Å². The fourth-order valence-corrected chi connectivity index (χ4v) is 5.64. The second kappa shape index (κ2) is 9.19. The van der Waals surface area contributed by atoms with Crippen molar-refractivity contribution in [2.75, 3.05) is 19.8 Å². The van der Waals surface area contributed by atoms with E-state index in [9.17, 15) is 12.8 Å². The lowest BCUT2D eigenvalue weighted by molar-refractivity contribution is -0.0496. The molecule has 2 aliphatic rings. The molecule has 0 spiro atoms. The number of nitrogens with zero attached hydrogens (tertiary/aromatic N) is 4. The van der Waals surface area contributed by atoms with Crippen LogP contribution < -0.4 is 4.74 Å². The maximum atomic E-state index is 14.6. The van der Waals surface area contributed by atoms with E-state index in [2.05, 4.69) is 10.3 Å². The van der Waals surface area contributed by atoms with Gasteiger partial charge < -0.3 is 14.2 Å². The van der Waals surface area contributed by atoms with Crippen molar-refractivity contribution in [3.8, 4) is 5.75 Å². The van der Waals surface area contributed by atoms with Crippen molar-refractivity contribution in [1.82, 2.24) is 19.3 Å². The van der Waals surface area contributed by atoms with Gasteiger partial charge in [0.25, 0.3) is 0 Å². The molecule has 9 nitrogen and oxygen atoms in total. The van der Waals surface area contributed by atoms with Crippen LogP contribution in [0, 0.1) is 11.7 Å². The maximum absolute atomic E-state index is 14.6. The molecule has 4 rings (SSSR count). The van der Waals surface area contributed by atoms with E-state index >= 15 is 0 Å². The smallest absolute Gasteiger partial charge is 0.250 e. The summed E-state index contributed by atoms with van der Waals surface area (Å²) in [6.07, 6.45) is 2.63. The monoisotopic (exact) mass is 454 g/mol. The maximum Gasteiger partial charge on any atom is 0.250 e. The third kappa shape index (κ3) is 4.89. The summed E-state index contributed by atoms with van der Waals surface area (Å²) in [7, 11) is -4.14. The number of sulfonamides is 1. The van der Waals surface area contributed by atoms with Crippen LogP contribution in [0.3, 0.4) is 0 Å². The Bertz CT molecular complexity index is 1010. The summed E-state index contributed by atoms with van der Waals surface area (Å²) in [5.74, 6) is -0.566. The molecule has 3 heterocycles. The van der Waals surface area contributed by atoms with Gasteiger partial charge >= 0.3 is 0 Å². The Morgan fingerprint density at radius 2 is 2.03 bits per heavy atom. The second-order valence-electron chi connectivity index (χ2n) is 8.14. The lowest BCUT2D eigenvalue weighted by atomic mass is 10.0. The van der Waals surface area contributed by atoms with Crippen LogP contribution in [0.4, 0.5) is 4.39 Å². The molecule has 1 atom stereocenters. The SMILES string of the molecule is CC(C)C[C@H]1COc2cccc(F)c2S(=O)(=O)N1Cc1cn(CCC2OCCO2)nn1. The Hall–Kier alpha value is -2.08. The number of hydrogen-bond donors (Lipinski definition) is 0. The first-order valence-electron chi connectivity index (χ1n) is 10.4. The summed E-state index contributed by atoms with van der Waals surface area (Å²) in [4.78, 5) is -0.427. The topological polar surface area (TPSA) is 95.8 Å². The quantitative estimate of drug-likeness (QED) is 0.633. The van der Waals surface area contributed by atoms with E-state index in [0.717, 1.165) is 6.07 Å². The number of hydrogen-bond acceptors (Lipinski definition) is 7. The predicted molar refractivity (Wildman–Crippen MR) is 108 cm³/mol. The van der Waals surface area contributed by atoms with Gasteiger partial charge in [-0.3, -0.25) is 4.68 Å². The van der Waals surface area contributed by atoms with Crippen molar-refractivity contribution >= 4 is 10.0 Å². The first-order chi connectivity index (χ1) is 14.8. The predicted octanol–water partition coefficient (Wildman–Crippen LogP) is 2.18. The second-order valence-corrected chi connectivity index (χ2v) is 9.97. The van der Waals surface area contributed by atoms with E-state index in [4.69, 9.17) is 14.2 Å². The van der Waals surface area contributed by atoms with E-state index in [1.165, 1.54) is 16.4 Å². The average molecular weight is 455 g/mol. The van der Waals surface area contributed by atoms with Gasteiger partial charge in [0.2, 0.25) is 10.0 Å². The molecular weight excluding hydrogens is 427 g/mol. The minimum atomic E-state index is -4.14. The Kier molecular flexibility index (Phi) is 6.56. The molecule has 1 aromatic carbocycles. The molecule has 1 aromatic heterocycles. The van der Waals surface area contributed by atoms with E-state index in [1.54, 1.807) is 10.9 Å². The molecule has 0 bridgehead atoms. The van der Waals surface area contributed by atoms with Gasteiger partial charge in [-0.15, -0.1) is 5.10 Å². The first kappa shape index (κ1) is 22.1. The molecule has 0 amide bonds. The highest BCUT2D eigenvalue weighted by Crippen LogP contribution is 2.35. The van der Waals surface area contributed by atoms with Crippen molar-refractivity contribution in [3.05, 3.63) is 35.9 Å². The number of aromatic nitrogens is 3. The molecule has 2 aromatic rings. The molecule has 0 aliphatic carbocycles. The van der Waals surface area contributed by atoms with Crippen LogP contribution in [-0.4, -0.2) is 59.9 Å². The number of benzene rings is 1. The molecule has 1 fully saturated rings. The first-order valence-corrected chi connectivity index (χ1v) is 11.8. The number of aryl methyl sites for hydroxylation is 1. The van der Waals surface area contributed by atoms with Crippen molar-refractivity contribution in [2.45, 2.75) is 57.0 Å². The molecular formula is C20H27FN4O5S. The van der Waals surface area contributed by atoms with E-state index in [1.807, 2.05) is 13.8 Å². The average Bonchev–Trinajstić information content (AvgIpc) is 3.37. The van der Waals surface area contributed by atoms with Gasteiger partial charge in [-0.05, 0) is 24.5 Å². The third-order valence-corrected chi connectivity index (χ3v) is 7.22. The van der Waals surface area contributed by atoms with Crippen molar-refractivity contribution in [1.29, 1.82) is 0 Å². The highest BCUT2D eigenvalue weighted by atomic mass is 32.2. The molecule has 0 saturated carbocycles. The van der Waals surface area contributed by atoms with Crippen LogP contribution in [0.2, 0.25) is 0 Å². The van der Waals surface area contributed by atoms with E-state index in [-0.39, 0.29) is 31.1 Å². The standard InChI is InChI=1S/C20H27FN4O5S/c1-14(2)10-16-13-30-18-5-3-4-17(21)20(18)31(26,27)25(16)12-15-11-24(23-22-15)7-6-19-28-8-9-29-19/h3-5,11,14,16,19H,6-10,12-13H2,1-2H3/t16-/m0/s1. The van der Waals surface area contributed by atoms with Crippen LogP contribution in [0.1, 0.15) is 32.4 Å². The van der Waals surface area contributed by atoms with Gasteiger partial charge in [0, 0.05) is 19.2 Å². The number of fused-ring (bicyclic) bond motifs is 1. The Morgan fingerprint density at radius 3 is 2.77 bits per heavy atom. The molecule has 0 N–H and O–H groups in total. The number of halogens is 1. The molecule has 1 saturated heterocycles.